The highest BCUT2D eigenvalue weighted by Gasteiger charge is 2.34. The summed E-state index contributed by atoms with van der Waals surface area (Å²) >= 11 is 0. The predicted molar refractivity (Wildman–Crippen MR) is 69.6 cm³/mol. The first-order valence-corrected chi connectivity index (χ1v) is 7.08. The van der Waals surface area contributed by atoms with Crippen molar-refractivity contribution >= 4 is 22.4 Å². The second-order valence-electron chi connectivity index (χ2n) is 4.22. The van der Waals surface area contributed by atoms with Crippen LogP contribution >= 0.6 is 12.4 Å². The van der Waals surface area contributed by atoms with Crippen molar-refractivity contribution in [1.82, 2.24) is 4.31 Å². The molecular formula is C11H15ClF2N2O2S. The van der Waals surface area contributed by atoms with E-state index in [0.29, 0.717) is 19.0 Å². The lowest BCUT2D eigenvalue weighted by Gasteiger charge is -2.22. The Labute approximate surface area is 117 Å². The van der Waals surface area contributed by atoms with Gasteiger partial charge in [0.2, 0.25) is 10.0 Å². The molecule has 1 aromatic rings. The van der Waals surface area contributed by atoms with Gasteiger partial charge in [0.15, 0.2) is 11.6 Å². The molecule has 1 aliphatic heterocycles. The molecule has 0 amide bonds. The molecule has 0 radical (unpaired) electrons. The third-order valence-electron chi connectivity index (χ3n) is 3.09. The molecule has 0 bridgehead atoms. The van der Waals surface area contributed by atoms with Crippen molar-refractivity contribution in [1.29, 1.82) is 0 Å². The summed E-state index contributed by atoms with van der Waals surface area (Å²) in [6.45, 7) is 0.589. The van der Waals surface area contributed by atoms with Gasteiger partial charge in [0.1, 0.15) is 0 Å². The average molecular weight is 313 g/mol. The number of hydrogen-bond acceptors (Lipinski definition) is 3. The number of sulfonamides is 1. The van der Waals surface area contributed by atoms with E-state index >= 15 is 0 Å². The highest BCUT2D eigenvalue weighted by Crippen LogP contribution is 2.26. The first-order chi connectivity index (χ1) is 8.46. The van der Waals surface area contributed by atoms with Crippen molar-refractivity contribution in [3.63, 3.8) is 0 Å². The molecule has 0 spiro atoms. The molecule has 1 aliphatic rings. The summed E-state index contributed by atoms with van der Waals surface area (Å²) < 4.78 is 51.7. The van der Waals surface area contributed by atoms with E-state index in [0.717, 1.165) is 18.6 Å². The minimum absolute atomic E-state index is 0. The van der Waals surface area contributed by atoms with E-state index in [1.165, 1.54) is 4.31 Å². The molecule has 4 nitrogen and oxygen atoms in total. The van der Waals surface area contributed by atoms with Crippen LogP contribution in [-0.4, -0.2) is 31.9 Å². The molecule has 1 fully saturated rings. The van der Waals surface area contributed by atoms with Crippen molar-refractivity contribution in [2.45, 2.75) is 23.8 Å². The number of benzene rings is 1. The Morgan fingerprint density at radius 2 is 2.00 bits per heavy atom. The topological polar surface area (TPSA) is 63.4 Å². The number of nitrogens with zero attached hydrogens (tertiary/aromatic N) is 1. The Morgan fingerprint density at radius 1 is 1.32 bits per heavy atom. The molecule has 2 rings (SSSR count). The van der Waals surface area contributed by atoms with Crippen LogP contribution in [0.2, 0.25) is 0 Å². The van der Waals surface area contributed by atoms with Gasteiger partial charge in [-0.25, -0.2) is 17.2 Å². The highest BCUT2D eigenvalue weighted by atomic mass is 35.5. The van der Waals surface area contributed by atoms with Crippen LogP contribution in [0.1, 0.15) is 12.8 Å². The molecule has 19 heavy (non-hydrogen) atoms. The van der Waals surface area contributed by atoms with Crippen LogP contribution in [0.5, 0.6) is 0 Å². The van der Waals surface area contributed by atoms with Crippen molar-refractivity contribution < 1.29 is 17.2 Å². The van der Waals surface area contributed by atoms with Gasteiger partial charge in [0.05, 0.1) is 4.90 Å². The standard InChI is InChI=1S/C11H14F2N2O2S.ClH/c12-10-4-3-9(6-11(10)13)18(16,17)15-5-1-2-8(15)7-14;/h3-4,6,8H,1-2,5,7,14H2;1H. The second-order valence-corrected chi connectivity index (χ2v) is 6.11. The monoisotopic (exact) mass is 312 g/mol. The fourth-order valence-electron chi connectivity index (χ4n) is 2.13. The van der Waals surface area contributed by atoms with Crippen LogP contribution in [0.25, 0.3) is 0 Å². The van der Waals surface area contributed by atoms with Crippen LogP contribution in [0.4, 0.5) is 8.78 Å². The van der Waals surface area contributed by atoms with Crippen molar-refractivity contribution in [2.75, 3.05) is 13.1 Å². The predicted octanol–water partition coefficient (Wildman–Crippen LogP) is 1.50. The molecule has 0 aliphatic carbocycles. The minimum atomic E-state index is -3.79. The van der Waals surface area contributed by atoms with Gasteiger partial charge >= 0.3 is 0 Å². The van der Waals surface area contributed by atoms with Crippen molar-refractivity contribution in [3.8, 4) is 0 Å². The fraction of sp³-hybridized carbons (Fsp3) is 0.455. The lowest BCUT2D eigenvalue weighted by molar-refractivity contribution is 0.392. The first kappa shape index (κ1) is 16.3. The number of halogens is 3. The quantitative estimate of drug-likeness (QED) is 0.920. The second kappa shape index (κ2) is 6.13. The summed E-state index contributed by atoms with van der Waals surface area (Å²) in [4.78, 5) is -0.234. The van der Waals surface area contributed by atoms with Gasteiger partial charge in [0, 0.05) is 19.1 Å². The Bertz CT molecular complexity index is 554. The van der Waals surface area contributed by atoms with Gasteiger partial charge in [-0.3, -0.25) is 0 Å². The molecule has 1 unspecified atom stereocenters. The van der Waals surface area contributed by atoms with Crippen LogP contribution in [0, 0.1) is 11.6 Å². The fourth-order valence-corrected chi connectivity index (χ4v) is 3.85. The summed E-state index contributed by atoms with van der Waals surface area (Å²) in [5.74, 6) is -2.23. The summed E-state index contributed by atoms with van der Waals surface area (Å²) in [6, 6.07) is 2.33. The lowest BCUT2D eigenvalue weighted by atomic mass is 10.2. The van der Waals surface area contributed by atoms with E-state index in [4.69, 9.17) is 5.73 Å². The van der Waals surface area contributed by atoms with E-state index in [-0.39, 0.29) is 29.9 Å². The maximum atomic E-state index is 13.1. The maximum Gasteiger partial charge on any atom is 0.243 e. The molecule has 1 saturated heterocycles. The van der Waals surface area contributed by atoms with Gasteiger partial charge in [0.25, 0.3) is 0 Å². The van der Waals surface area contributed by atoms with Gasteiger partial charge in [-0.15, -0.1) is 12.4 Å². The van der Waals surface area contributed by atoms with Crippen LogP contribution in [0.15, 0.2) is 23.1 Å². The molecule has 1 heterocycles. The summed E-state index contributed by atoms with van der Waals surface area (Å²) in [5.41, 5.74) is 5.51. The third-order valence-corrected chi connectivity index (χ3v) is 5.04. The molecular weight excluding hydrogens is 298 g/mol. The molecule has 108 valence electrons. The number of nitrogens with two attached hydrogens (primary N) is 1. The van der Waals surface area contributed by atoms with Gasteiger partial charge in [-0.1, -0.05) is 0 Å². The lowest BCUT2D eigenvalue weighted by Crippen LogP contribution is -2.39. The Balaban J connectivity index is 0.00000180. The summed E-state index contributed by atoms with van der Waals surface area (Å²) in [6.07, 6.45) is 1.42. The van der Waals surface area contributed by atoms with E-state index in [1.54, 1.807) is 0 Å². The number of rotatable bonds is 3. The highest BCUT2D eigenvalue weighted by molar-refractivity contribution is 7.89. The zero-order valence-corrected chi connectivity index (χ0v) is 11.7. The molecule has 0 aromatic heterocycles. The smallest absolute Gasteiger partial charge is 0.243 e. The first-order valence-electron chi connectivity index (χ1n) is 5.64. The maximum absolute atomic E-state index is 13.1. The largest absolute Gasteiger partial charge is 0.329 e. The van der Waals surface area contributed by atoms with Crippen LogP contribution in [-0.2, 0) is 10.0 Å². The summed E-state index contributed by atoms with van der Waals surface area (Å²) in [5, 5.41) is 0. The number of hydrogen-bond donors (Lipinski definition) is 1. The SMILES string of the molecule is Cl.NCC1CCCN1S(=O)(=O)c1ccc(F)c(F)c1. The van der Waals surface area contributed by atoms with Crippen molar-refractivity contribution in [3.05, 3.63) is 29.8 Å². The summed E-state index contributed by atoms with van der Waals surface area (Å²) in [7, 11) is -3.79. The molecule has 0 saturated carbocycles. The Kier molecular flexibility index (Phi) is 5.26. The Hall–Kier alpha value is -0.760. The molecule has 1 atom stereocenters. The van der Waals surface area contributed by atoms with E-state index in [1.807, 2.05) is 0 Å². The molecule has 8 heteroatoms. The van der Waals surface area contributed by atoms with Crippen LogP contribution < -0.4 is 5.73 Å². The molecule has 2 N–H and O–H groups in total. The van der Waals surface area contributed by atoms with Gasteiger partial charge < -0.3 is 5.73 Å². The van der Waals surface area contributed by atoms with Gasteiger partial charge in [-0.05, 0) is 31.0 Å². The third kappa shape index (κ3) is 3.05. The van der Waals surface area contributed by atoms with E-state index in [9.17, 15) is 17.2 Å². The minimum Gasteiger partial charge on any atom is -0.329 e. The molecule has 1 aromatic carbocycles. The van der Waals surface area contributed by atoms with E-state index in [2.05, 4.69) is 0 Å². The normalized spacial score (nSPS) is 20.3. The van der Waals surface area contributed by atoms with Crippen molar-refractivity contribution in [2.24, 2.45) is 5.73 Å². The Morgan fingerprint density at radius 3 is 2.58 bits per heavy atom. The van der Waals surface area contributed by atoms with Gasteiger partial charge in [-0.2, -0.15) is 4.31 Å². The van der Waals surface area contributed by atoms with E-state index < -0.39 is 21.7 Å². The van der Waals surface area contributed by atoms with Crippen LogP contribution in [0.3, 0.4) is 0 Å². The zero-order chi connectivity index (χ0) is 13.3. The average Bonchev–Trinajstić information content (AvgIpc) is 2.81. The zero-order valence-electron chi connectivity index (χ0n) is 10.1.